The number of H-pyrrole nitrogens is 1. The molecule has 0 aliphatic heterocycles. The Hall–Kier alpha value is -1.81. The summed E-state index contributed by atoms with van der Waals surface area (Å²) in [6.07, 6.45) is 1.47. The summed E-state index contributed by atoms with van der Waals surface area (Å²) in [5, 5.41) is 10.8. The molecule has 0 aliphatic rings. The minimum absolute atomic E-state index is 0. The normalized spacial score (nSPS) is 9.89. The molecule has 0 unspecified atom stereocenters. The van der Waals surface area contributed by atoms with Crippen molar-refractivity contribution in [2.24, 2.45) is 0 Å². The van der Waals surface area contributed by atoms with Crippen molar-refractivity contribution in [3.63, 3.8) is 0 Å². The zero-order chi connectivity index (χ0) is 12.4. The van der Waals surface area contributed by atoms with E-state index in [1.165, 1.54) is 6.20 Å². The third kappa shape index (κ3) is 2.38. The van der Waals surface area contributed by atoms with Crippen LogP contribution in [0.2, 0.25) is 0 Å². The van der Waals surface area contributed by atoms with Crippen molar-refractivity contribution in [1.82, 2.24) is 0 Å². The molecule has 0 aliphatic carbocycles. The zero-order valence-electron chi connectivity index (χ0n) is 10.2. The van der Waals surface area contributed by atoms with Crippen LogP contribution in [0, 0.1) is 6.92 Å². The molecule has 2 aromatic rings. The summed E-state index contributed by atoms with van der Waals surface area (Å²) < 4.78 is 4.88. The highest BCUT2D eigenvalue weighted by molar-refractivity contribution is 5.99. The van der Waals surface area contributed by atoms with Crippen molar-refractivity contribution >= 4 is 16.9 Å². The van der Waals surface area contributed by atoms with Gasteiger partial charge in [-0.2, -0.15) is 0 Å². The minimum Gasteiger partial charge on any atom is -1.00 e. The molecule has 0 saturated heterocycles. The van der Waals surface area contributed by atoms with Gasteiger partial charge in [0.1, 0.15) is 5.75 Å². The summed E-state index contributed by atoms with van der Waals surface area (Å²) in [6.45, 7) is 3.89. The van der Waals surface area contributed by atoms with Crippen LogP contribution >= 0.6 is 0 Å². The predicted molar refractivity (Wildman–Crippen MR) is 62.9 cm³/mol. The number of rotatable bonds is 2. The van der Waals surface area contributed by atoms with Gasteiger partial charge in [0, 0.05) is 6.07 Å². The topological polar surface area (TPSA) is 60.7 Å². The van der Waals surface area contributed by atoms with Crippen LogP contribution in [0.15, 0.2) is 24.4 Å². The van der Waals surface area contributed by atoms with Crippen LogP contribution in [0.5, 0.6) is 5.75 Å². The SMILES string of the molecule is CCOC(=O)c1c[nH+]c2cccc(C)c2c1O.[Cl-]. The number of fused-ring (bicyclic) bond motifs is 1. The largest absolute Gasteiger partial charge is 1.00 e. The van der Waals surface area contributed by atoms with Gasteiger partial charge in [0.05, 0.1) is 12.0 Å². The van der Waals surface area contributed by atoms with Crippen LogP contribution in [-0.2, 0) is 4.74 Å². The highest BCUT2D eigenvalue weighted by atomic mass is 35.5. The fraction of sp³-hybridized carbons (Fsp3) is 0.231. The van der Waals surface area contributed by atoms with E-state index in [1.54, 1.807) is 6.92 Å². The van der Waals surface area contributed by atoms with Crippen molar-refractivity contribution in [1.29, 1.82) is 0 Å². The van der Waals surface area contributed by atoms with Gasteiger partial charge in [-0.1, -0.05) is 12.1 Å². The summed E-state index contributed by atoms with van der Waals surface area (Å²) >= 11 is 0. The van der Waals surface area contributed by atoms with Gasteiger partial charge in [0.15, 0.2) is 11.8 Å². The van der Waals surface area contributed by atoms with Gasteiger partial charge in [0.25, 0.3) is 0 Å². The quantitative estimate of drug-likeness (QED) is 0.699. The molecule has 96 valence electrons. The second kappa shape index (κ2) is 5.69. The van der Waals surface area contributed by atoms with E-state index in [2.05, 4.69) is 4.98 Å². The molecule has 0 amide bonds. The first-order valence-electron chi connectivity index (χ1n) is 5.45. The number of benzene rings is 1. The molecule has 0 radical (unpaired) electrons. The van der Waals surface area contributed by atoms with E-state index >= 15 is 0 Å². The van der Waals surface area contributed by atoms with E-state index in [-0.39, 0.29) is 30.3 Å². The van der Waals surface area contributed by atoms with Crippen molar-refractivity contribution < 1.29 is 32.0 Å². The van der Waals surface area contributed by atoms with Crippen LogP contribution in [0.4, 0.5) is 0 Å². The van der Waals surface area contributed by atoms with Crippen LogP contribution in [0.1, 0.15) is 22.8 Å². The third-order valence-corrected chi connectivity index (χ3v) is 2.63. The average molecular weight is 268 g/mol. The van der Waals surface area contributed by atoms with Crippen molar-refractivity contribution in [3.05, 3.63) is 35.5 Å². The van der Waals surface area contributed by atoms with Crippen LogP contribution in [-0.4, -0.2) is 17.7 Å². The van der Waals surface area contributed by atoms with Gasteiger partial charge >= 0.3 is 5.97 Å². The van der Waals surface area contributed by atoms with Crippen molar-refractivity contribution in [2.75, 3.05) is 6.61 Å². The Bertz CT molecular complexity index is 584. The Morgan fingerprint density at radius 1 is 1.44 bits per heavy atom. The van der Waals surface area contributed by atoms with Gasteiger partial charge < -0.3 is 22.3 Å². The molecule has 0 saturated carbocycles. The lowest BCUT2D eigenvalue weighted by molar-refractivity contribution is -0.345. The highest BCUT2D eigenvalue weighted by Gasteiger charge is 2.20. The number of esters is 1. The number of aromatic nitrogens is 1. The predicted octanol–water partition coefficient (Wildman–Crippen LogP) is -1.15. The molecule has 1 aromatic carbocycles. The number of ether oxygens (including phenoxy) is 1. The van der Waals surface area contributed by atoms with Crippen LogP contribution in [0.25, 0.3) is 10.9 Å². The fourth-order valence-electron chi connectivity index (χ4n) is 1.82. The Kier molecular flexibility index (Phi) is 4.50. The van der Waals surface area contributed by atoms with Gasteiger partial charge in [0.2, 0.25) is 5.52 Å². The summed E-state index contributed by atoms with van der Waals surface area (Å²) in [6, 6.07) is 5.61. The Morgan fingerprint density at radius 2 is 2.17 bits per heavy atom. The number of nitrogens with one attached hydrogen (secondary N) is 1. The summed E-state index contributed by atoms with van der Waals surface area (Å²) in [4.78, 5) is 14.6. The van der Waals surface area contributed by atoms with Gasteiger partial charge in [-0.15, -0.1) is 0 Å². The Balaban J connectivity index is 0.00000162. The molecule has 0 spiro atoms. The number of halogens is 1. The lowest BCUT2D eigenvalue weighted by Crippen LogP contribution is -3.00. The van der Waals surface area contributed by atoms with Gasteiger partial charge in [-0.3, -0.25) is 0 Å². The number of aromatic amines is 1. The molecule has 0 bridgehead atoms. The smallest absolute Gasteiger partial charge is 0.348 e. The molecule has 0 atom stereocenters. The number of aromatic hydroxyl groups is 1. The number of hydrogen-bond acceptors (Lipinski definition) is 3. The Labute approximate surface area is 111 Å². The standard InChI is InChI=1S/C13H13NO3.ClH/c1-3-17-13(16)9-7-14-10-6-4-5-8(2)11(10)12(9)15;/h4-7H,3H2,1-2H3,(H,14,15);1H. The van der Waals surface area contributed by atoms with Crippen LogP contribution in [0.3, 0.4) is 0 Å². The highest BCUT2D eigenvalue weighted by Crippen LogP contribution is 2.28. The van der Waals surface area contributed by atoms with Gasteiger partial charge in [-0.05, 0) is 19.4 Å². The van der Waals surface area contributed by atoms with Crippen LogP contribution < -0.4 is 17.4 Å². The van der Waals surface area contributed by atoms with E-state index in [9.17, 15) is 9.90 Å². The zero-order valence-corrected chi connectivity index (χ0v) is 10.9. The number of pyridine rings is 1. The number of carbonyl (C=O) groups is 1. The molecule has 2 N–H and O–H groups in total. The molecule has 5 heteroatoms. The second-order valence-electron chi connectivity index (χ2n) is 3.77. The fourth-order valence-corrected chi connectivity index (χ4v) is 1.82. The summed E-state index contributed by atoms with van der Waals surface area (Å²) in [7, 11) is 0. The maximum atomic E-state index is 11.6. The molecule has 0 fully saturated rings. The maximum absolute atomic E-state index is 11.6. The molecule has 2 rings (SSSR count). The molecule has 18 heavy (non-hydrogen) atoms. The van der Waals surface area contributed by atoms with E-state index < -0.39 is 5.97 Å². The third-order valence-electron chi connectivity index (χ3n) is 2.63. The molecular weight excluding hydrogens is 254 g/mol. The van der Waals surface area contributed by atoms with E-state index in [1.807, 2.05) is 25.1 Å². The molecular formula is C13H14ClNO3. The summed E-state index contributed by atoms with van der Waals surface area (Å²) in [5.74, 6) is -0.554. The number of hydrogen-bond donors (Lipinski definition) is 1. The summed E-state index contributed by atoms with van der Waals surface area (Å²) in [5.41, 5.74) is 1.85. The maximum Gasteiger partial charge on any atom is 0.348 e. The monoisotopic (exact) mass is 267 g/mol. The second-order valence-corrected chi connectivity index (χ2v) is 3.77. The molecule has 1 heterocycles. The first-order chi connectivity index (χ1) is 8.15. The van der Waals surface area contributed by atoms with E-state index in [4.69, 9.17) is 4.74 Å². The van der Waals surface area contributed by atoms with Crippen molar-refractivity contribution in [3.8, 4) is 5.75 Å². The number of carbonyl (C=O) groups excluding carboxylic acids is 1. The van der Waals surface area contributed by atoms with E-state index in [0.717, 1.165) is 11.1 Å². The first-order valence-corrected chi connectivity index (χ1v) is 5.45. The lowest BCUT2D eigenvalue weighted by Gasteiger charge is -2.05. The van der Waals surface area contributed by atoms with Gasteiger partial charge in [-0.25, -0.2) is 9.78 Å². The van der Waals surface area contributed by atoms with E-state index in [0.29, 0.717) is 5.39 Å². The van der Waals surface area contributed by atoms with Crippen molar-refractivity contribution in [2.45, 2.75) is 13.8 Å². The first kappa shape index (κ1) is 14.3. The Morgan fingerprint density at radius 3 is 2.83 bits per heavy atom. The molecule has 1 aromatic heterocycles. The lowest BCUT2D eigenvalue weighted by atomic mass is 10.1. The molecule has 4 nitrogen and oxygen atoms in total. The minimum atomic E-state index is -0.522. The number of aryl methyl sites for hydroxylation is 1. The average Bonchev–Trinajstić information content (AvgIpc) is 2.29.